The van der Waals surface area contributed by atoms with Crippen molar-refractivity contribution in [3.05, 3.63) is 21.4 Å². The number of fused-ring (bicyclic) bond motifs is 1. The number of hydrogen-bond donors (Lipinski definition) is 1. The molecule has 1 fully saturated rings. The number of carbonyl (C=O) groups is 1. The number of amides is 1. The lowest BCUT2D eigenvalue weighted by atomic mass is 10.0. The van der Waals surface area contributed by atoms with Crippen molar-refractivity contribution in [2.75, 3.05) is 11.5 Å². The van der Waals surface area contributed by atoms with Crippen LogP contribution >= 0.6 is 11.3 Å². The topological polar surface area (TPSA) is 63.2 Å². The Morgan fingerprint density at radius 3 is 2.76 bits per heavy atom. The van der Waals surface area contributed by atoms with E-state index in [0.29, 0.717) is 6.42 Å². The minimum absolute atomic E-state index is 0.0524. The van der Waals surface area contributed by atoms with Gasteiger partial charge in [0.1, 0.15) is 0 Å². The molecule has 4 nitrogen and oxygen atoms in total. The molecule has 0 bridgehead atoms. The van der Waals surface area contributed by atoms with Crippen LogP contribution in [0.4, 0.5) is 0 Å². The fourth-order valence-electron chi connectivity index (χ4n) is 3.22. The van der Waals surface area contributed by atoms with Crippen LogP contribution in [0.2, 0.25) is 0 Å². The third-order valence-electron chi connectivity index (χ3n) is 4.39. The summed E-state index contributed by atoms with van der Waals surface area (Å²) in [6.07, 6.45) is 6.29. The highest BCUT2D eigenvalue weighted by molar-refractivity contribution is 7.91. The highest BCUT2D eigenvalue weighted by Crippen LogP contribution is 2.30. The van der Waals surface area contributed by atoms with Gasteiger partial charge in [0.2, 0.25) is 0 Å². The van der Waals surface area contributed by atoms with Crippen LogP contribution in [0.15, 0.2) is 6.07 Å². The van der Waals surface area contributed by atoms with Crippen LogP contribution in [0.1, 0.15) is 52.7 Å². The molecule has 2 aliphatic rings. The molecular formula is C15H21NO3S2. The van der Waals surface area contributed by atoms with E-state index in [1.54, 1.807) is 11.3 Å². The minimum Gasteiger partial charge on any atom is -0.345 e. The van der Waals surface area contributed by atoms with E-state index in [1.807, 2.05) is 13.0 Å². The molecule has 0 spiro atoms. The van der Waals surface area contributed by atoms with Gasteiger partial charge in [-0.15, -0.1) is 11.3 Å². The first-order valence-electron chi connectivity index (χ1n) is 7.51. The summed E-state index contributed by atoms with van der Waals surface area (Å²) in [5.74, 6) is 0.106. The first-order chi connectivity index (χ1) is 9.87. The molecule has 1 aromatic rings. The van der Waals surface area contributed by atoms with E-state index in [2.05, 4.69) is 5.32 Å². The molecular weight excluding hydrogens is 306 g/mol. The van der Waals surface area contributed by atoms with Crippen molar-refractivity contribution in [2.24, 2.45) is 0 Å². The molecule has 21 heavy (non-hydrogen) atoms. The average Bonchev–Trinajstić information content (AvgIpc) is 2.83. The van der Waals surface area contributed by atoms with E-state index in [0.717, 1.165) is 17.7 Å². The van der Waals surface area contributed by atoms with Crippen LogP contribution in [-0.2, 0) is 22.7 Å². The number of thiophene rings is 1. The lowest BCUT2D eigenvalue weighted by Crippen LogP contribution is -2.46. The van der Waals surface area contributed by atoms with E-state index >= 15 is 0 Å². The number of sulfone groups is 1. The maximum Gasteiger partial charge on any atom is 0.261 e. The minimum atomic E-state index is -3.00. The van der Waals surface area contributed by atoms with E-state index in [-0.39, 0.29) is 17.4 Å². The maximum atomic E-state index is 12.4. The molecule has 1 aliphatic heterocycles. The molecule has 0 radical (unpaired) electrons. The second-order valence-corrected chi connectivity index (χ2v) is 9.80. The van der Waals surface area contributed by atoms with Gasteiger partial charge >= 0.3 is 0 Å². The number of rotatable bonds is 2. The van der Waals surface area contributed by atoms with Gasteiger partial charge in [0.15, 0.2) is 9.84 Å². The Bertz CT molecular complexity index is 639. The number of hydrogen-bond acceptors (Lipinski definition) is 4. The lowest BCUT2D eigenvalue weighted by molar-refractivity contribution is 0.0919. The second-order valence-electron chi connectivity index (χ2n) is 6.48. The monoisotopic (exact) mass is 327 g/mol. The summed E-state index contributed by atoms with van der Waals surface area (Å²) in [4.78, 5) is 14.5. The van der Waals surface area contributed by atoms with Gasteiger partial charge in [-0.05, 0) is 50.7 Å². The van der Waals surface area contributed by atoms with Gasteiger partial charge in [-0.25, -0.2) is 8.42 Å². The first kappa shape index (κ1) is 15.0. The Balaban J connectivity index is 1.74. The molecule has 0 saturated carbocycles. The summed E-state index contributed by atoms with van der Waals surface area (Å²) in [7, 11) is -3.00. The Hall–Kier alpha value is -0.880. The summed E-state index contributed by atoms with van der Waals surface area (Å²) in [5.41, 5.74) is 0.698. The highest BCUT2D eigenvalue weighted by atomic mass is 32.2. The van der Waals surface area contributed by atoms with Crippen LogP contribution < -0.4 is 5.32 Å². The zero-order chi connectivity index (χ0) is 15.1. The van der Waals surface area contributed by atoms with Gasteiger partial charge in [-0.2, -0.15) is 0 Å². The maximum absolute atomic E-state index is 12.4. The smallest absolute Gasteiger partial charge is 0.261 e. The van der Waals surface area contributed by atoms with Gasteiger partial charge < -0.3 is 5.32 Å². The fourth-order valence-corrected chi connectivity index (χ4v) is 6.47. The normalized spacial score (nSPS) is 27.9. The summed E-state index contributed by atoms with van der Waals surface area (Å²) >= 11 is 1.58. The van der Waals surface area contributed by atoms with Crippen LogP contribution in [0, 0.1) is 0 Å². The van der Waals surface area contributed by atoms with Crippen molar-refractivity contribution < 1.29 is 13.2 Å². The fraction of sp³-hybridized carbons (Fsp3) is 0.667. The Labute approximate surface area is 129 Å². The molecule has 1 aromatic heterocycles. The molecule has 6 heteroatoms. The van der Waals surface area contributed by atoms with Gasteiger partial charge in [0, 0.05) is 4.88 Å². The second kappa shape index (κ2) is 5.39. The zero-order valence-corrected chi connectivity index (χ0v) is 13.9. The molecule has 1 N–H and O–H groups in total. The lowest BCUT2D eigenvalue weighted by Gasteiger charge is -2.23. The zero-order valence-electron chi connectivity index (χ0n) is 12.3. The molecule has 1 amide bonds. The van der Waals surface area contributed by atoms with Gasteiger partial charge in [0.25, 0.3) is 5.91 Å². The molecule has 0 unspecified atom stereocenters. The molecule has 0 aromatic carbocycles. The standard InChI is InChI=1S/C15H21NO3S2/c1-15(7-8-21(18,19)10-15)16-14(17)13-9-11-5-3-2-4-6-12(11)20-13/h9H,2-8,10H2,1H3,(H,16,17)/t15-/m0/s1. The van der Waals surface area contributed by atoms with Gasteiger partial charge in [0.05, 0.1) is 21.9 Å². The Morgan fingerprint density at radius 1 is 1.29 bits per heavy atom. The predicted octanol–water partition coefficient (Wildman–Crippen LogP) is 2.32. The van der Waals surface area contributed by atoms with Crippen LogP contribution in [0.3, 0.4) is 0 Å². The van der Waals surface area contributed by atoms with E-state index in [4.69, 9.17) is 0 Å². The van der Waals surface area contributed by atoms with E-state index in [1.165, 1.54) is 29.7 Å². The van der Waals surface area contributed by atoms with Crippen molar-refractivity contribution in [1.82, 2.24) is 5.32 Å². The van der Waals surface area contributed by atoms with Crippen molar-refractivity contribution in [3.63, 3.8) is 0 Å². The summed E-state index contributed by atoms with van der Waals surface area (Å²) in [6, 6.07) is 2.01. The summed E-state index contributed by atoms with van der Waals surface area (Å²) in [5, 5.41) is 2.94. The molecule has 1 atom stereocenters. The molecule has 1 aliphatic carbocycles. The summed E-state index contributed by atoms with van der Waals surface area (Å²) in [6.45, 7) is 1.83. The third kappa shape index (κ3) is 3.31. The van der Waals surface area contributed by atoms with Crippen LogP contribution in [-0.4, -0.2) is 31.4 Å². The number of nitrogens with one attached hydrogen (secondary N) is 1. The third-order valence-corrected chi connectivity index (χ3v) is 7.53. The van der Waals surface area contributed by atoms with Crippen LogP contribution in [0.25, 0.3) is 0 Å². The highest BCUT2D eigenvalue weighted by Gasteiger charge is 2.39. The average molecular weight is 327 g/mol. The van der Waals surface area contributed by atoms with Crippen molar-refractivity contribution in [1.29, 1.82) is 0 Å². The van der Waals surface area contributed by atoms with Gasteiger partial charge in [-0.1, -0.05) is 6.42 Å². The molecule has 2 heterocycles. The summed E-state index contributed by atoms with van der Waals surface area (Å²) < 4.78 is 23.2. The number of carbonyl (C=O) groups excluding carboxylic acids is 1. The van der Waals surface area contributed by atoms with Crippen LogP contribution in [0.5, 0.6) is 0 Å². The van der Waals surface area contributed by atoms with Crippen molar-refractivity contribution >= 4 is 27.1 Å². The van der Waals surface area contributed by atoms with Crippen molar-refractivity contribution in [3.8, 4) is 0 Å². The van der Waals surface area contributed by atoms with Crippen molar-refractivity contribution in [2.45, 2.75) is 51.0 Å². The number of aryl methyl sites for hydroxylation is 2. The molecule has 1 saturated heterocycles. The first-order valence-corrected chi connectivity index (χ1v) is 10.2. The largest absolute Gasteiger partial charge is 0.345 e. The van der Waals surface area contributed by atoms with E-state index in [9.17, 15) is 13.2 Å². The predicted molar refractivity (Wildman–Crippen MR) is 84.7 cm³/mol. The Morgan fingerprint density at radius 2 is 2.05 bits per heavy atom. The Kier molecular flexibility index (Phi) is 3.86. The molecule has 116 valence electrons. The van der Waals surface area contributed by atoms with Gasteiger partial charge in [-0.3, -0.25) is 4.79 Å². The SMILES string of the molecule is C[C@]1(NC(=O)c2cc3c(s2)CCCCC3)CCS(=O)(=O)C1. The quantitative estimate of drug-likeness (QED) is 0.848. The molecule has 3 rings (SSSR count). The van der Waals surface area contributed by atoms with E-state index < -0.39 is 15.4 Å².